The molecule has 1 rings (SSSR count). The van der Waals surface area contributed by atoms with E-state index in [1.54, 1.807) is 18.2 Å². The molecule has 0 aliphatic rings. The Kier molecular flexibility index (Phi) is 3.19. The minimum absolute atomic E-state index is 0.211. The molecular formula is C9H11FO2. The lowest BCUT2D eigenvalue weighted by Gasteiger charge is -2.12. The molecule has 0 bridgehead atoms. The lowest BCUT2D eigenvalue weighted by Crippen LogP contribution is -2.08. The van der Waals surface area contributed by atoms with Gasteiger partial charge in [-0.05, 0) is 6.07 Å². The molecule has 1 atom stereocenters. The summed E-state index contributed by atoms with van der Waals surface area (Å²) in [6.07, 6.45) is -0.564. The third kappa shape index (κ3) is 1.81. The van der Waals surface area contributed by atoms with Gasteiger partial charge in [0.2, 0.25) is 0 Å². The summed E-state index contributed by atoms with van der Waals surface area (Å²) >= 11 is 0. The molecule has 1 aromatic carbocycles. The zero-order valence-electron chi connectivity index (χ0n) is 6.83. The van der Waals surface area contributed by atoms with Crippen LogP contribution in [0.5, 0.6) is 0 Å². The maximum atomic E-state index is 13.0. The largest absolute Gasteiger partial charge is 0.393 e. The molecule has 0 aliphatic carbocycles. The highest BCUT2D eigenvalue weighted by molar-refractivity contribution is 5.19. The Morgan fingerprint density at radius 3 is 2.67 bits per heavy atom. The van der Waals surface area contributed by atoms with Crippen LogP contribution in [0.15, 0.2) is 24.3 Å². The molecule has 0 aliphatic heterocycles. The fraction of sp³-hybridized carbons (Fsp3) is 0.333. The molecule has 0 saturated heterocycles. The van der Waals surface area contributed by atoms with Crippen molar-refractivity contribution < 1.29 is 14.2 Å². The van der Waals surface area contributed by atoms with Crippen molar-refractivity contribution in [2.75, 3.05) is 13.7 Å². The molecule has 0 spiro atoms. The number of benzene rings is 1. The number of hydrogen-bond donors (Lipinski definition) is 1. The van der Waals surface area contributed by atoms with Crippen molar-refractivity contribution in [1.29, 1.82) is 0 Å². The third-order valence-corrected chi connectivity index (χ3v) is 1.70. The highest BCUT2D eigenvalue weighted by atomic mass is 19.1. The minimum atomic E-state index is -0.564. The Bertz CT molecular complexity index is 246. The van der Waals surface area contributed by atoms with Gasteiger partial charge in [-0.2, -0.15) is 0 Å². The molecule has 1 unspecified atom stereocenters. The maximum Gasteiger partial charge on any atom is 0.129 e. The Hall–Kier alpha value is -0.930. The molecule has 2 nitrogen and oxygen atoms in total. The van der Waals surface area contributed by atoms with Gasteiger partial charge in [-0.1, -0.05) is 18.2 Å². The van der Waals surface area contributed by atoms with E-state index in [0.29, 0.717) is 5.56 Å². The Labute approximate surface area is 70.6 Å². The molecule has 66 valence electrons. The number of methoxy groups -OCH3 is 1. The number of hydrogen-bond acceptors (Lipinski definition) is 2. The monoisotopic (exact) mass is 170 g/mol. The smallest absolute Gasteiger partial charge is 0.129 e. The first-order chi connectivity index (χ1) is 5.79. The molecule has 3 heteroatoms. The molecule has 12 heavy (non-hydrogen) atoms. The number of rotatable bonds is 3. The van der Waals surface area contributed by atoms with Gasteiger partial charge in [-0.15, -0.1) is 0 Å². The Balaban J connectivity index is 2.92. The topological polar surface area (TPSA) is 29.5 Å². The highest BCUT2D eigenvalue weighted by Gasteiger charge is 2.12. The van der Waals surface area contributed by atoms with Crippen LogP contribution in [0.3, 0.4) is 0 Å². The van der Waals surface area contributed by atoms with Crippen molar-refractivity contribution in [3.63, 3.8) is 0 Å². The molecule has 0 fully saturated rings. The molecule has 0 aromatic heterocycles. The predicted octanol–water partition coefficient (Wildman–Crippen LogP) is 1.51. The first kappa shape index (κ1) is 9.16. The van der Waals surface area contributed by atoms with Crippen LogP contribution >= 0.6 is 0 Å². The Morgan fingerprint density at radius 1 is 1.50 bits per heavy atom. The van der Waals surface area contributed by atoms with Gasteiger partial charge < -0.3 is 9.84 Å². The van der Waals surface area contributed by atoms with E-state index in [-0.39, 0.29) is 12.4 Å². The Morgan fingerprint density at radius 2 is 2.17 bits per heavy atom. The highest BCUT2D eigenvalue weighted by Crippen LogP contribution is 2.18. The molecular weight excluding hydrogens is 159 g/mol. The molecule has 0 amide bonds. The van der Waals surface area contributed by atoms with Crippen molar-refractivity contribution in [2.45, 2.75) is 6.10 Å². The van der Waals surface area contributed by atoms with Crippen LogP contribution in [0.4, 0.5) is 4.39 Å². The lowest BCUT2D eigenvalue weighted by molar-refractivity contribution is 0.0459. The van der Waals surface area contributed by atoms with Gasteiger partial charge in [0.1, 0.15) is 11.9 Å². The van der Waals surface area contributed by atoms with Crippen LogP contribution < -0.4 is 0 Å². The zero-order chi connectivity index (χ0) is 8.97. The van der Waals surface area contributed by atoms with Crippen LogP contribution in [0.25, 0.3) is 0 Å². The summed E-state index contributed by atoms with van der Waals surface area (Å²) in [5, 5.41) is 8.81. The van der Waals surface area contributed by atoms with Gasteiger partial charge in [0.15, 0.2) is 0 Å². The summed E-state index contributed by atoms with van der Waals surface area (Å²) in [7, 11) is 1.44. The van der Waals surface area contributed by atoms with Crippen molar-refractivity contribution in [3.8, 4) is 0 Å². The standard InChI is InChI=1S/C9H11FO2/c1-12-9(6-11)7-4-2-3-5-8(7)10/h2-5,9,11H,6H2,1H3. The number of aliphatic hydroxyl groups is 1. The first-order valence-corrected chi connectivity index (χ1v) is 3.67. The summed E-state index contributed by atoms with van der Waals surface area (Å²) in [5.41, 5.74) is 0.391. The summed E-state index contributed by atoms with van der Waals surface area (Å²) in [5.74, 6) is -0.349. The fourth-order valence-electron chi connectivity index (χ4n) is 1.04. The fourth-order valence-corrected chi connectivity index (χ4v) is 1.04. The van der Waals surface area contributed by atoms with E-state index in [0.717, 1.165) is 0 Å². The van der Waals surface area contributed by atoms with Crippen molar-refractivity contribution in [2.24, 2.45) is 0 Å². The second kappa shape index (κ2) is 4.18. The average molecular weight is 170 g/mol. The van der Waals surface area contributed by atoms with Crippen molar-refractivity contribution >= 4 is 0 Å². The normalized spacial score (nSPS) is 12.9. The van der Waals surface area contributed by atoms with E-state index in [4.69, 9.17) is 9.84 Å². The summed E-state index contributed by atoms with van der Waals surface area (Å²) in [6, 6.07) is 6.25. The lowest BCUT2D eigenvalue weighted by atomic mass is 10.1. The minimum Gasteiger partial charge on any atom is -0.393 e. The third-order valence-electron chi connectivity index (χ3n) is 1.70. The van der Waals surface area contributed by atoms with Crippen LogP contribution in [0.1, 0.15) is 11.7 Å². The van der Waals surface area contributed by atoms with E-state index in [2.05, 4.69) is 0 Å². The second-order valence-electron chi connectivity index (χ2n) is 2.43. The quantitative estimate of drug-likeness (QED) is 0.745. The molecule has 0 radical (unpaired) electrons. The number of aliphatic hydroxyl groups excluding tert-OH is 1. The second-order valence-corrected chi connectivity index (χ2v) is 2.43. The van der Waals surface area contributed by atoms with E-state index < -0.39 is 6.10 Å². The molecule has 1 aromatic rings. The average Bonchev–Trinajstić information content (AvgIpc) is 2.10. The van der Waals surface area contributed by atoms with Crippen LogP contribution in [0.2, 0.25) is 0 Å². The van der Waals surface area contributed by atoms with Gasteiger partial charge in [0.05, 0.1) is 6.61 Å². The molecule has 0 saturated carbocycles. The predicted molar refractivity (Wildman–Crippen MR) is 43.2 cm³/mol. The number of ether oxygens (including phenoxy) is 1. The molecule has 1 N–H and O–H groups in total. The summed E-state index contributed by atoms with van der Waals surface area (Å²) in [6.45, 7) is -0.211. The van der Waals surface area contributed by atoms with Gasteiger partial charge >= 0.3 is 0 Å². The van der Waals surface area contributed by atoms with Crippen LogP contribution in [-0.2, 0) is 4.74 Å². The van der Waals surface area contributed by atoms with Crippen molar-refractivity contribution in [1.82, 2.24) is 0 Å². The molecule has 0 heterocycles. The van der Waals surface area contributed by atoms with Crippen molar-refractivity contribution in [3.05, 3.63) is 35.6 Å². The van der Waals surface area contributed by atoms with E-state index in [1.807, 2.05) is 0 Å². The maximum absolute atomic E-state index is 13.0. The van der Waals surface area contributed by atoms with E-state index in [1.165, 1.54) is 13.2 Å². The van der Waals surface area contributed by atoms with Crippen LogP contribution in [-0.4, -0.2) is 18.8 Å². The summed E-state index contributed by atoms with van der Waals surface area (Å²) < 4.78 is 17.9. The van der Waals surface area contributed by atoms with Gasteiger partial charge in [-0.25, -0.2) is 4.39 Å². The van der Waals surface area contributed by atoms with Gasteiger partial charge in [0.25, 0.3) is 0 Å². The number of halogens is 1. The SMILES string of the molecule is COC(CO)c1ccccc1F. The summed E-state index contributed by atoms with van der Waals surface area (Å²) in [4.78, 5) is 0. The van der Waals surface area contributed by atoms with Gasteiger partial charge in [-0.3, -0.25) is 0 Å². The zero-order valence-corrected chi connectivity index (χ0v) is 6.83. The van der Waals surface area contributed by atoms with Gasteiger partial charge in [0, 0.05) is 12.7 Å². The van der Waals surface area contributed by atoms with E-state index >= 15 is 0 Å². The van der Waals surface area contributed by atoms with Crippen LogP contribution in [0, 0.1) is 5.82 Å². The first-order valence-electron chi connectivity index (χ1n) is 3.67. The van der Waals surface area contributed by atoms with E-state index in [9.17, 15) is 4.39 Å².